The number of hydrogen-bond donors (Lipinski definition) is 1. The van der Waals surface area contributed by atoms with E-state index in [1.165, 1.54) is 12.8 Å². The molecular formula is C18H24N4O2. The smallest absolute Gasteiger partial charge is 0.253 e. The third-order valence-electron chi connectivity index (χ3n) is 5.83. The van der Waals surface area contributed by atoms with E-state index in [0.717, 1.165) is 37.3 Å². The second-order valence-corrected chi connectivity index (χ2v) is 7.04. The quantitative estimate of drug-likeness (QED) is 0.936. The molecule has 2 aromatic heterocycles. The number of fused-ring (bicyclic) bond motifs is 1. The van der Waals surface area contributed by atoms with E-state index in [1.54, 1.807) is 0 Å². The van der Waals surface area contributed by atoms with Gasteiger partial charge >= 0.3 is 0 Å². The first-order valence-electron chi connectivity index (χ1n) is 8.88. The zero-order valence-corrected chi connectivity index (χ0v) is 14.3. The lowest BCUT2D eigenvalue weighted by Gasteiger charge is -2.54. The highest BCUT2D eigenvalue weighted by atomic mass is 16.5. The van der Waals surface area contributed by atoms with Crippen LogP contribution in [0.25, 0.3) is 5.65 Å². The number of carbonyl (C=O) groups is 1. The van der Waals surface area contributed by atoms with Crippen LogP contribution in [-0.2, 0) is 4.74 Å². The van der Waals surface area contributed by atoms with Crippen molar-refractivity contribution < 1.29 is 9.53 Å². The van der Waals surface area contributed by atoms with E-state index in [2.05, 4.69) is 15.5 Å². The number of nitrogens with zero attached hydrogens (tertiary/aromatic N) is 3. The van der Waals surface area contributed by atoms with Crippen LogP contribution in [0.5, 0.6) is 0 Å². The first-order valence-corrected chi connectivity index (χ1v) is 8.88. The number of rotatable bonds is 4. The molecule has 1 spiro atoms. The highest BCUT2D eigenvalue weighted by Gasteiger charge is 2.57. The molecule has 2 heterocycles. The predicted molar refractivity (Wildman–Crippen MR) is 89.9 cm³/mol. The van der Waals surface area contributed by atoms with Crippen LogP contribution in [0.2, 0.25) is 0 Å². The average molecular weight is 328 g/mol. The molecule has 1 amide bonds. The fraction of sp³-hybridized carbons (Fsp3) is 0.611. The maximum Gasteiger partial charge on any atom is 0.253 e. The van der Waals surface area contributed by atoms with Crippen molar-refractivity contribution in [2.45, 2.75) is 58.1 Å². The summed E-state index contributed by atoms with van der Waals surface area (Å²) in [6, 6.07) is 3.88. The molecule has 6 heteroatoms. The van der Waals surface area contributed by atoms with Gasteiger partial charge in [-0.25, -0.2) is 0 Å². The van der Waals surface area contributed by atoms with E-state index in [0.29, 0.717) is 11.7 Å². The molecule has 0 radical (unpaired) electrons. The highest BCUT2D eigenvalue weighted by Crippen LogP contribution is 2.54. The average Bonchev–Trinajstić information content (AvgIpc) is 3.23. The Bertz CT molecular complexity index is 763. The third kappa shape index (κ3) is 2.32. The number of nitrogens with one attached hydrogen (secondary N) is 1. The summed E-state index contributed by atoms with van der Waals surface area (Å²) in [5, 5.41) is 11.4. The van der Waals surface area contributed by atoms with Crippen molar-refractivity contribution in [1.29, 1.82) is 0 Å². The van der Waals surface area contributed by atoms with Gasteiger partial charge in [-0.3, -0.25) is 9.20 Å². The summed E-state index contributed by atoms with van der Waals surface area (Å²) in [6.45, 7) is 4.68. The van der Waals surface area contributed by atoms with Crippen molar-refractivity contribution in [1.82, 2.24) is 19.9 Å². The standard InChI is InChI=1S/C18H24N4O2/c1-3-24-15-10-14(18(15)8-4-5-9-18)19-17(23)13-6-7-16-21-20-12(2)22(16)11-13/h6-7,11,14-15H,3-5,8-10H2,1-2H3,(H,19,23)/t14-,15+/m1/s1. The minimum absolute atomic E-state index is 0.0174. The summed E-state index contributed by atoms with van der Waals surface area (Å²) in [7, 11) is 0. The van der Waals surface area contributed by atoms with Crippen LogP contribution in [0.4, 0.5) is 0 Å². The zero-order chi connectivity index (χ0) is 16.7. The fourth-order valence-electron chi connectivity index (χ4n) is 4.47. The second kappa shape index (κ2) is 5.84. The molecule has 2 aliphatic rings. The summed E-state index contributed by atoms with van der Waals surface area (Å²) in [4.78, 5) is 12.7. The van der Waals surface area contributed by atoms with E-state index < -0.39 is 0 Å². The SMILES string of the molecule is CCO[C@H]1C[C@@H](NC(=O)c2ccc3nnc(C)n3c2)C12CCCC2. The van der Waals surface area contributed by atoms with Crippen molar-refractivity contribution in [3.63, 3.8) is 0 Å². The Morgan fingerprint density at radius 2 is 2.17 bits per heavy atom. The molecule has 2 atom stereocenters. The molecule has 0 aliphatic heterocycles. The summed E-state index contributed by atoms with van der Waals surface area (Å²) in [5.74, 6) is 0.767. The Labute approximate surface area is 141 Å². The van der Waals surface area contributed by atoms with Crippen LogP contribution in [-0.4, -0.2) is 39.3 Å². The molecule has 128 valence electrons. The number of carbonyl (C=O) groups excluding carboxylic acids is 1. The van der Waals surface area contributed by atoms with Crippen molar-refractivity contribution >= 4 is 11.6 Å². The van der Waals surface area contributed by atoms with Gasteiger partial charge in [-0.15, -0.1) is 10.2 Å². The Kier molecular flexibility index (Phi) is 3.79. The summed E-state index contributed by atoms with van der Waals surface area (Å²) >= 11 is 0. The van der Waals surface area contributed by atoms with Gasteiger partial charge in [0.05, 0.1) is 11.7 Å². The van der Waals surface area contributed by atoms with Gasteiger partial charge in [0.25, 0.3) is 5.91 Å². The van der Waals surface area contributed by atoms with Gasteiger partial charge in [0, 0.05) is 24.3 Å². The predicted octanol–water partition coefficient (Wildman–Crippen LogP) is 2.51. The minimum Gasteiger partial charge on any atom is -0.378 e. The topological polar surface area (TPSA) is 68.5 Å². The molecule has 0 unspecified atom stereocenters. The molecule has 0 bridgehead atoms. The summed E-state index contributed by atoms with van der Waals surface area (Å²) < 4.78 is 7.78. The van der Waals surface area contributed by atoms with Gasteiger partial charge in [0.2, 0.25) is 0 Å². The Morgan fingerprint density at radius 3 is 2.92 bits per heavy atom. The lowest BCUT2D eigenvalue weighted by Crippen LogP contribution is -2.63. The van der Waals surface area contributed by atoms with Gasteiger partial charge in [-0.1, -0.05) is 12.8 Å². The van der Waals surface area contributed by atoms with Gasteiger partial charge in [0.15, 0.2) is 5.65 Å². The largest absolute Gasteiger partial charge is 0.378 e. The maximum atomic E-state index is 12.7. The van der Waals surface area contributed by atoms with Gasteiger partial charge in [-0.05, 0) is 45.2 Å². The van der Waals surface area contributed by atoms with Gasteiger partial charge in [0.1, 0.15) is 5.82 Å². The lowest BCUT2D eigenvalue weighted by atomic mass is 9.60. The number of aryl methyl sites for hydroxylation is 1. The zero-order valence-electron chi connectivity index (χ0n) is 14.3. The van der Waals surface area contributed by atoms with Crippen molar-refractivity contribution in [3.8, 4) is 0 Å². The monoisotopic (exact) mass is 328 g/mol. The van der Waals surface area contributed by atoms with Crippen molar-refractivity contribution in [2.24, 2.45) is 5.41 Å². The number of aromatic nitrogens is 3. The normalized spacial score (nSPS) is 25.1. The highest BCUT2D eigenvalue weighted by molar-refractivity contribution is 5.94. The van der Waals surface area contributed by atoms with Crippen LogP contribution >= 0.6 is 0 Å². The number of amides is 1. The number of pyridine rings is 1. The first-order chi connectivity index (χ1) is 11.6. The molecule has 0 saturated heterocycles. The molecular weight excluding hydrogens is 304 g/mol. The molecule has 1 N–H and O–H groups in total. The second-order valence-electron chi connectivity index (χ2n) is 7.04. The van der Waals surface area contributed by atoms with Crippen molar-refractivity contribution in [3.05, 3.63) is 29.7 Å². The number of hydrogen-bond acceptors (Lipinski definition) is 4. The van der Waals surface area contributed by atoms with Crippen LogP contribution in [0.1, 0.15) is 55.2 Å². The lowest BCUT2D eigenvalue weighted by molar-refractivity contribution is -0.127. The Balaban J connectivity index is 1.52. The van der Waals surface area contributed by atoms with E-state index >= 15 is 0 Å². The molecule has 2 aromatic rings. The van der Waals surface area contributed by atoms with Crippen LogP contribution in [0, 0.1) is 12.3 Å². The molecule has 2 saturated carbocycles. The molecule has 4 rings (SSSR count). The van der Waals surface area contributed by atoms with Crippen LogP contribution in [0.3, 0.4) is 0 Å². The molecule has 24 heavy (non-hydrogen) atoms. The van der Waals surface area contributed by atoms with Gasteiger partial charge < -0.3 is 10.1 Å². The van der Waals surface area contributed by atoms with E-state index in [1.807, 2.05) is 36.6 Å². The van der Waals surface area contributed by atoms with Gasteiger partial charge in [-0.2, -0.15) is 0 Å². The van der Waals surface area contributed by atoms with Crippen LogP contribution in [0.15, 0.2) is 18.3 Å². The fourth-order valence-corrected chi connectivity index (χ4v) is 4.47. The molecule has 6 nitrogen and oxygen atoms in total. The summed E-state index contributed by atoms with van der Waals surface area (Å²) in [5.41, 5.74) is 1.57. The van der Waals surface area contributed by atoms with E-state index in [9.17, 15) is 4.79 Å². The molecule has 2 fully saturated rings. The minimum atomic E-state index is -0.0174. The third-order valence-corrected chi connectivity index (χ3v) is 5.83. The number of ether oxygens (including phenoxy) is 1. The van der Waals surface area contributed by atoms with E-state index in [4.69, 9.17) is 4.74 Å². The molecule has 0 aromatic carbocycles. The van der Waals surface area contributed by atoms with Crippen LogP contribution < -0.4 is 5.32 Å². The van der Waals surface area contributed by atoms with Crippen molar-refractivity contribution in [2.75, 3.05) is 6.61 Å². The first kappa shape index (κ1) is 15.6. The molecule has 2 aliphatic carbocycles. The van der Waals surface area contributed by atoms with E-state index in [-0.39, 0.29) is 17.4 Å². The Hall–Kier alpha value is -1.95. The maximum absolute atomic E-state index is 12.7. The summed E-state index contributed by atoms with van der Waals surface area (Å²) in [6.07, 6.45) is 7.84. The Morgan fingerprint density at radius 1 is 1.38 bits per heavy atom.